The van der Waals surface area contributed by atoms with Crippen LogP contribution >= 0.6 is 0 Å². The number of imidazole rings is 1. The minimum atomic E-state index is 0.00477. The van der Waals surface area contributed by atoms with E-state index in [1.54, 1.807) is 12.5 Å². The molecule has 1 aromatic heterocycles. The summed E-state index contributed by atoms with van der Waals surface area (Å²) >= 11 is 0. The third kappa shape index (κ3) is 4.68. The zero-order valence-electron chi connectivity index (χ0n) is 14.2. The first kappa shape index (κ1) is 16.7. The molecule has 1 aromatic carbocycles. The maximum atomic E-state index is 12.2. The third-order valence-electron chi connectivity index (χ3n) is 4.57. The van der Waals surface area contributed by atoms with Crippen LogP contribution in [0.2, 0.25) is 0 Å². The Kier molecular flexibility index (Phi) is 6.01. The Morgan fingerprint density at radius 2 is 1.88 bits per heavy atom. The predicted octanol–water partition coefficient (Wildman–Crippen LogP) is 2.87. The van der Waals surface area contributed by atoms with Gasteiger partial charge < -0.3 is 14.8 Å². The number of hydrogen-bond acceptors (Lipinski definition) is 3. The van der Waals surface area contributed by atoms with Gasteiger partial charge in [-0.25, -0.2) is 4.98 Å². The number of nitrogens with one attached hydrogen (secondary N) is 1. The van der Waals surface area contributed by atoms with E-state index in [0.717, 1.165) is 31.6 Å². The molecule has 2 heterocycles. The van der Waals surface area contributed by atoms with E-state index in [9.17, 15) is 4.79 Å². The molecule has 5 heteroatoms. The van der Waals surface area contributed by atoms with Crippen LogP contribution < -0.4 is 5.32 Å². The highest BCUT2D eigenvalue weighted by molar-refractivity contribution is 5.94. The highest BCUT2D eigenvalue weighted by Crippen LogP contribution is 2.10. The maximum absolute atomic E-state index is 12.2. The van der Waals surface area contributed by atoms with E-state index in [1.807, 2.05) is 35.0 Å². The van der Waals surface area contributed by atoms with Gasteiger partial charge in [0.15, 0.2) is 0 Å². The Labute approximate surface area is 143 Å². The molecule has 3 rings (SSSR count). The van der Waals surface area contributed by atoms with Gasteiger partial charge in [-0.1, -0.05) is 6.42 Å². The molecule has 0 unspecified atom stereocenters. The molecule has 24 heavy (non-hydrogen) atoms. The molecule has 1 amide bonds. The van der Waals surface area contributed by atoms with E-state index in [4.69, 9.17) is 0 Å². The van der Waals surface area contributed by atoms with Crippen LogP contribution in [-0.2, 0) is 0 Å². The number of benzene rings is 1. The first-order chi connectivity index (χ1) is 11.8. The van der Waals surface area contributed by atoms with Crippen molar-refractivity contribution in [3.05, 3.63) is 48.5 Å². The average molecular weight is 326 g/mol. The lowest BCUT2D eigenvalue weighted by atomic mass is 10.1. The zero-order valence-corrected chi connectivity index (χ0v) is 14.2. The molecule has 5 nitrogen and oxygen atoms in total. The van der Waals surface area contributed by atoms with E-state index < -0.39 is 0 Å². The first-order valence-electron chi connectivity index (χ1n) is 8.92. The highest BCUT2D eigenvalue weighted by atomic mass is 16.1. The molecule has 0 saturated carbocycles. The summed E-state index contributed by atoms with van der Waals surface area (Å²) in [5.41, 5.74) is 1.71. The van der Waals surface area contributed by atoms with Gasteiger partial charge in [0.05, 0.1) is 6.33 Å². The Hall–Kier alpha value is -2.14. The molecule has 1 saturated heterocycles. The Morgan fingerprint density at radius 3 is 2.58 bits per heavy atom. The van der Waals surface area contributed by atoms with Gasteiger partial charge >= 0.3 is 0 Å². The number of likely N-dealkylation sites (tertiary alicyclic amines) is 1. The summed E-state index contributed by atoms with van der Waals surface area (Å²) in [6.07, 6.45) is 11.6. The Balaban J connectivity index is 1.37. The number of aromatic nitrogens is 2. The van der Waals surface area contributed by atoms with Crippen LogP contribution in [0.25, 0.3) is 5.69 Å². The number of carbonyl (C=O) groups is 1. The monoisotopic (exact) mass is 326 g/mol. The number of unbranched alkanes of at least 4 members (excludes halogenated alkanes) is 1. The number of carbonyl (C=O) groups excluding carboxylic acids is 1. The summed E-state index contributed by atoms with van der Waals surface area (Å²) < 4.78 is 1.92. The summed E-state index contributed by atoms with van der Waals surface area (Å²) in [6, 6.07) is 7.59. The minimum absolute atomic E-state index is 0.00477. The van der Waals surface area contributed by atoms with Crippen molar-refractivity contribution in [1.29, 1.82) is 0 Å². The molecule has 0 atom stereocenters. The van der Waals surface area contributed by atoms with E-state index in [0.29, 0.717) is 5.56 Å². The van der Waals surface area contributed by atoms with E-state index >= 15 is 0 Å². The zero-order chi connectivity index (χ0) is 16.6. The fraction of sp³-hybridized carbons (Fsp3) is 0.474. The molecule has 2 aromatic rings. The van der Waals surface area contributed by atoms with Crippen molar-refractivity contribution in [1.82, 2.24) is 19.8 Å². The molecule has 128 valence electrons. The van der Waals surface area contributed by atoms with Crippen molar-refractivity contribution in [3.63, 3.8) is 0 Å². The molecule has 0 spiro atoms. The molecule has 0 bridgehead atoms. The standard InChI is InChI=1S/C19H26N4O/c24-19(21-10-2-5-14-22-12-3-1-4-13-22)17-6-8-18(9-7-17)23-15-11-20-16-23/h6-9,11,15-16H,1-5,10,12-14H2,(H,21,24). The molecular formula is C19H26N4O. The lowest BCUT2D eigenvalue weighted by molar-refractivity contribution is 0.0952. The van der Waals surface area contributed by atoms with E-state index in [-0.39, 0.29) is 5.91 Å². The topological polar surface area (TPSA) is 50.2 Å². The van der Waals surface area contributed by atoms with Crippen molar-refractivity contribution in [2.45, 2.75) is 32.1 Å². The van der Waals surface area contributed by atoms with Crippen molar-refractivity contribution < 1.29 is 4.79 Å². The quantitative estimate of drug-likeness (QED) is 0.796. The second kappa shape index (κ2) is 8.64. The van der Waals surface area contributed by atoms with Crippen LogP contribution in [0.4, 0.5) is 0 Å². The van der Waals surface area contributed by atoms with Crippen molar-refractivity contribution in [2.24, 2.45) is 0 Å². The smallest absolute Gasteiger partial charge is 0.251 e. The average Bonchev–Trinajstić information content (AvgIpc) is 3.17. The number of nitrogens with zero attached hydrogens (tertiary/aromatic N) is 3. The lowest BCUT2D eigenvalue weighted by Crippen LogP contribution is -2.31. The second-order valence-electron chi connectivity index (χ2n) is 6.38. The molecule has 0 aliphatic carbocycles. The highest BCUT2D eigenvalue weighted by Gasteiger charge is 2.09. The first-order valence-corrected chi connectivity index (χ1v) is 8.92. The van der Waals surface area contributed by atoms with Crippen LogP contribution in [0.15, 0.2) is 43.0 Å². The summed E-state index contributed by atoms with van der Waals surface area (Å²) in [5.74, 6) is 0.00477. The SMILES string of the molecule is O=C(NCCCCN1CCCCC1)c1ccc(-n2ccnc2)cc1. The van der Waals surface area contributed by atoms with Gasteiger partial charge in [0.1, 0.15) is 0 Å². The summed E-state index contributed by atoms with van der Waals surface area (Å²) in [4.78, 5) is 18.7. The number of amides is 1. The summed E-state index contributed by atoms with van der Waals surface area (Å²) in [6.45, 7) is 4.40. The molecule has 1 aliphatic heterocycles. The lowest BCUT2D eigenvalue weighted by Gasteiger charge is -2.26. The Bertz CT molecular complexity index is 615. The number of hydrogen-bond donors (Lipinski definition) is 1. The molecule has 1 aliphatic rings. The van der Waals surface area contributed by atoms with Crippen LogP contribution in [-0.4, -0.2) is 46.5 Å². The van der Waals surface area contributed by atoms with Crippen molar-refractivity contribution in [3.8, 4) is 5.69 Å². The predicted molar refractivity (Wildman–Crippen MR) is 95.4 cm³/mol. The molecule has 1 N–H and O–H groups in total. The van der Waals surface area contributed by atoms with Crippen LogP contribution in [0.1, 0.15) is 42.5 Å². The van der Waals surface area contributed by atoms with Gasteiger partial charge in [0, 0.05) is 30.2 Å². The van der Waals surface area contributed by atoms with Crippen molar-refractivity contribution in [2.75, 3.05) is 26.2 Å². The summed E-state index contributed by atoms with van der Waals surface area (Å²) in [5, 5.41) is 3.01. The van der Waals surface area contributed by atoms with Crippen LogP contribution in [0.3, 0.4) is 0 Å². The van der Waals surface area contributed by atoms with E-state index in [2.05, 4.69) is 15.2 Å². The van der Waals surface area contributed by atoms with Gasteiger partial charge in [-0.05, 0) is 69.6 Å². The van der Waals surface area contributed by atoms with Gasteiger partial charge in [-0.3, -0.25) is 4.79 Å². The van der Waals surface area contributed by atoms with Gasteiger partial charge in [-0.2, -0.15) is 0 Å². The van der Waals surface area contributed by atoms with Gasteiger partial charge in [0.25, 0.3) is 5.91 Å². The maximum Gasteiger partial charge on any atom is 0.251 e. The molecule has 1 fully saturated rings. The largest absolute Gasteiger partial charge is 0.352 e. The van der Waals surface area contributed by atoms with Gasteiger partial charge in [-0.15, -0.1) is 0 Å². The summed E-state index contributed by atoms with van der Waals surface area (Å²) in [7, 11) is 0. The normalized spacial score (nSPS) is 15.3. The fourth-order valence-electron chi connectivity index (χ4n) is 3.14. The minimum Gasteiger partial charge on any atom is -0.352 e. The van der Waals surface area contributed by atoms with Crippen LogP contribution in [0.5, 0.6) is 0 Å². The molecule has 0 radical (unpaired) electrons. The molecular weight excluding hydrogens is 300 g/mol. The third-order valence-corrected chi connectivity index (χ3v) is 4.57. The van der Waals surface area contributed by atoms with Crippen molar-refractivity contribution >= 4 is 5.91 Å². The second-order valence-corrected chi connectivity index (χ2v) is 6.38. The fourth-order valence-corrected chi connectivity index (χ4v) is 3.14. The number of rotatable bonds is 7. The van der Waals surface area contributed by atoms with Gasteiger partial charge in [0.2, 0.25) is 0 Å². The Morgan fingerprint density at radius 1 is 1.08 bits per heavy atom. The number of piperidine rings is 1. The van der Waals surface area contributed by atoms with Crippen LogP contribution in [0, 0.1) is 0 Å². The van der Waals surface area contributed by atoms with E-state index in [1.165, 1.54) is 32.4 Å².